The Morgan fingerprint density at radius 1 is 1.06 bits per heavy atom. The summed E-state index contributed by atoms with van der Waals surface area (Å²) in [6, 6.07) is 8.31. The van der Waals surface area contributed by atoms with E-state index in [2.05, 4.69) is 17.3 Å². The summed E-state index contributed by atoms with van der Waals surface area (Å²) in [5, 5.41) is 2.62. The molecule has 2 aliphatic heterocycles. The number of benzene rings is 1. The van der Waals surface area contributed by atoms with Crippen molar-refractivity contribution >= 4 is 18.0 Å². The van der Waals surface area contributed by atoms with Crippen LogP contribution in [-0.4, -0.2) is 71.6 Å². The first kappa shape index (κ1) is 24.0. The second-order valence-electron chi connectivity index (χ2n) is 9.82. The molecule has 0 bridgehead atoms. The first-order valence-electron chi connectivity index (χ1n) is 11.3. The third kappa shape index (κ3) is 6.22. The number of alkyl carbamates (subject to hydrolysis) is 1. The van der Waals surface area contributed by atoms with E-state index in [-0.39, 0.29) is 24.5 Å². The van der Waals surface area contributed by atoms with E-state index < -0.39 is 23.7 Å². The molecule has 1 aromatic carbocycles. The zero-order chi connectivity index (χ0) is 23.4. The molecule has 0 aromatic heterocycles. The molecule has 3 rings (SSSR count). The molecule has 2 heterocycles. The maximum atomic E-state index is 13.4. The molecule has 1 aromatic rings. The third-order valence-electron chi connectivity index (χ3n) is 6.16. The quantitative estimate of drug-likeness (QED) is 0.678. The van der Waals surface area contributed by atoms with E-state index in [4.69, 9.17) is 9.47 Å². The minimum atomic E-state index is -1.02. The minimum absolute atomic E-state index is 0.118. The number of piperidine rings is 1. The molecule has 176 valence electrons. The molecule has 8 nitrogen and oxygen atoms in total. The molecule has 1 spiro atoms. The number of esters is 1. The van der Waals surface area contributed by atoms with E-state index in [0.29, 0.717) is 6.54 Å². The average Bonchev–Trinajstić information content (AvgIpc) is 2.71. The summed E-state index contributed by atoms with van der Waals surface area (Å²) in [7, 11) is 2.08. The number of hydrogen-bond acceptors (Lipinski definition) is 6. The highest BCUT2D eigenvalue weighted by molar-refractivity contribution is 5.90. The van der Waals surface area contributed by atoms with Gasteiger partial charge in [0, 0.05) is 25.2 Å². The van der Waals surface area contributed by atoms with Crippen LogP contribution in [0.1, 0.15) is 52.0 Å². The summed E-state index contributed by atoms with van der Waals surface area (Å²) in [5.74, 6) is -0.787. The SMILES string of the molecule is CN1CCC2(CC1)CCN2C(=O)[C@H](CC(=O)OCc1ccccc1)NC(=O)OC(C)(C)C. The van der Waals surface area contributed by atoms with Gasteiger partial charge in [0.1, 0.15) is 18.2 Å². The Bertz CT molecular complexity index is 813. The van der Waals surface area contributed by atoms with Crippen molar-refractivity contribution in [2.75, 3.05) is 26.7 Å². The fraction of sp³-hybridized carbons (Fsp3) is 0.625. The van der Waals surface area contributed by atoms with Gasteiger partial charge < -0.3 is 24.6 Å². The number of nitrogens with zero attached hydrogens (tertiary/aromatic N) is 2. The monoisotopic (exact) mass is 445 g/mol. The lowest BCUT2D eigenvalue weighted by Crippen LogP contribution is -2.68. The smallest absolute Gasteiger partial charge is 0.408 e. The molecule has 2 aliphatic rings. The van der Waals surface area contributed by atoms with E-state index in [1.807, 2.05) is 35.2 Å². The van der Waals surface area contributed by atoms with E-state index >= 15 is 0 Å². The fourth-order valence-corrected chi connectivity index (χ4v) is 4.24. The lowest BCUT2D eigenvalue weighted by Gasteiger charge is -2.56. The van der Waals surface area contributed by atoms with Gasteiger partial charge in [-0.25, -0.2) is 4.79 Å². The number of ether oxygens (including phenoxy) is 2. The maximum absolute atomic E-state index is 13.4. The van der Waals surface area contributed by atoms with Crippen molar-refractivity contribution in [1.29, 1.82) is 0 Å². The lowest BCUT2D eigenvalue weighted by atomic mass is 9.76. The van der Waals surface area contributed by atoms with E-state index in [1.54, 1.807) is 20.8 Å². The molecule has 2 fully saturated rings. The molecule has 8 heteroatoms. The summed E-state index contributed by atoms with van der Waals surface area (Å²) in [6.07, 6.45) is 1.78. The van der Waals surface area contributed by atoms with E-state index in [1.165, 1.54) is 0 Å². The van der Waals surface area contributed by atoms with Crippen LogP contribution in [0.3, 0.4) is 0 Å². The average molecular weight is 446 g/mol. The topological polar surface area (TPSA) is 88.2 Å². The van der Waals surface area contributed by atoms with Gasteiger partial charge in [-0.3, -0.25) is 9.59 Å². The number of carbonyl (C=O) groups is 3. The number of nitrogens with one attached hydrogen (secondary N) is 1. The summed E-state index contributed by atoms with van der Waals surface area (Å²) in [6.45, 7) is 7.85. The summed E-state index contributed by atoms with van der Waals surface area (Å²) in [5.41, 5.74) is -0.0279. The molecule has 0 saturated carbocycles. The number of amides is 2. The van der Waals surface area contributed by atoms with Crippen molar-refractivity contribution in [2.24, 2.45) is 0 Å². The van der Waals surface area contributed by atoms with Crippen molar-refractivity contribution in [2.45, 2.75) is 70.2 Å². The molecule has 2 amide bonds. The predicted octanol–water partition coefficient (Wildman–Crippen LogP) is 2.71. The van der Waals surface area contributed by atoms with Crippen LogP contribution in [-0.2, 0) is 25.7 Å². The van der Waals surface area contributed by atoms with Crippen molar-refractivity contribution in [1.82, 2.24) is 15.1 Å². The Hall–Kier alpha value is -2.61. The molecule has 1 N–H and O–H groups in total. The van der Waals surface area contributed by atoms with Crippen molar-refractivity contribution in [3.63, 3.8) is 0 Å². The van der Waals surface area contributed by atoms with Gasteiger partial charge in [0.15, 0.2) is 0 Å². The zero-order valence-corrected chi connectivity index (χ0v) is 19.6. The first-order chi connectivity index (χ1) is 15.1. The highest BCUT2D eigenvalue weighted by Crippen LogP contribution is 2.40. The molecule has 0 aliphatic carbocycles. The van der Waals surface area contributed by atoms with Gasteiger partial charge in [-0.15, -0.1) is 0 Å². The molecule has 2 saturated heterocycles. The van der Waals surface area contributed by atoms with Crippen molar-refractivity contribution in [3.05, 3.63) is 35.9 Å². The number of hydrogen-bond donors (Lipinski definition) is 1. The van der Waals surface area contributed by atoms with Gasteiger partial charge >= 0.3 is 12.1 Å². The number of carbonyl (C=O) groups excluding carboxylic acids is 3. The van der Waals surface area contributed by atoms with Crippen LogP contribution in [0.4, 0.5) is 4.79 Å². The van der Waals surface area contributed by atoms with Crippen LogP contribution in [0.2, 0.25) is 0 Å². The van der Waals surface area contributed by atoms with Gasteiger partial charge in [-0.1, -0.05) is 30.3 Å². The molecule has 0 radical (unpaired) electrons. The Balaban J connectivity index is 1.66. The first-order valence-corrected chi connectivity index (χ1v) is 11.3. The van der Waals surface area contributed by atoms with Gasteiger partial charge in [-0.2, -0.15) is 0 Å². The molecule has 32 heavy (non-hydrogen) atoms. The highest BCUT2D eigenvalue weighted by Gasteiger charge is 2.50. The zero-order valence-electron chi connectivity index (χ0n) is 19.6. The van der Waals surface area contributed by atoms with Gasteiger partial charge in [-0.05, 0) is 52.6 Å². The highest BCUT2D eigenvalue weighted by atomic mass is 16.6. The Morgan fingerprint density at radius 3 is 2.25 bits per heavy atom. The van der Waals surface area contributed by atoms with Crippen LogP contribution in [0, 0.1) is 0 Å². The Labute approximate surface area is 190 Å². The summed E-state index contributed by atoms with van der Waals surface area (Å²) in [4.78, 5) is 42.5. The van der Waals surface area contributed by atoms with E-state index in [9.17, 15) is 14.4 Å². The summed E-state index contributed by atoms with van der Waals surface area (Å²) >= 11 is 0. The number of likely N-dealkylation sites (tertiary alicyclic amines) is 2. The van der Waals surface area contributed by atoms with Crippen LogP contribution >= 0.6 is 0 Å². The van der Waals surface area contributed by atoms with Crippen molar-refractivity contribution < 1.29 is 23.9 Å². The van der Waals surface area contributed by atoms with Crippen LogP contribution in [0.15, 0.2) is 30.3 Å². The second kappa shape index (κ2) is 9.90. The largest absolute Gasteiger partial charge is 0.461 e. The minimum Gasteiger partial charge on any atom is -0.461 e. The molecule has 1 atom stereocenters. The predicted molar refractivity (Wildman–Crippen MR) is 120 cm³/mol. The second-order valence-corrected chi connectivity index (χ2v) is 9.82. The van der Waals surface area contributed by atoms with Crippen LogP contribution in [0.25, 0.3) is 0 Å². The molecule has 0 unspecified atom stereocenters. The van der Waals surface area contributed by atoms with E-state index in [0.717, 1.165) is 37.9 Å². The molecular formula is C24H35N3O5. The lowest BCUT2D eigenvalue weighted by molar-refractivity contribution is -0.158. The van der Waals surface area contributed by atoms with Gasteiger partial charge in [0.05, 0.1) is 6.42 Å². The standard InChI is InChI=1S/C24H35N3O5/c1-23(2,3)32-22(30)25-19(16-20(28)31-17-18-8-6-5-7-9-18)21(29)27-15-12-24(27)10-13-26(4)14-11-24/h5-9,19H,10-17H2,1-4H3,(H,25,30)/t19-/m0/s1. The van der Waals surface area contributed by atoms with Crippen LogP contribution < -0.4 is 5.32 Å². The van der Waals surface area contributed by atoms with Crippen molar-refractivity contribution in [3.8, 4) is 0 Å². The molecular weight excluding hydrogens is 410 g/mol. The van der Waals surface area contributed by atoms with Crippen LogP contribution in [0.5, 0.6) is 0 Å². The number of rotatable bonds is 6. The van der Waals surface area contributed by atoms with Gasteiger partial charge in [0.2, 0.25) is 5.91 Å². The summed E-state index contributed by atoms with van der Waals surface area (Å²) < 4.78 is 10.7. The normalized spacial score (nSPS) is 19.1. The Kier molecular flexibility index (Phi) is 7.44. The van der Waals surface area contributed by atoms with Gasteiger partial charge in [0.25, 0.3) is 0 Å². The maximum Gasteiger partial charge on any atom is 0.408 e. The Morgan fingerprint density at radius 2 is 1.69 bits per heavy atom. The fourth-order valence-electron chi connectivity index (χ4n) is 4.24. The third-order valence-corrected chi connectivity index (χ3v) is 6.16.